The average molecular weight is 179 g/mol. The van der Waals surface area contributed by atoms with Gasteiger partial charge in [-0.15, -0.1) is 0 Å². The Bertz CT molecular complexity index is 271. The average Bonchev–Trinajstić information content (AvgIpc) is 2.97. The van der Waals surface area contributed by atoms with E-state index in [0.717, 1.165) is 25.2 Å². The van der Waals surface area contributed by atoms with Crippen LogP contribution in [-0.4, -0.2) is 28.2 Å². The Morgan fingerprint density at radius 3 is 2.85 bits per heavy atom. The van der Waals surface area contributed by atoms with Crippen molar-refractivity contribution in [3.63, 3.8) is 0 Å². The van der Waals surface area contributed by atoms with Crippen LogP contribution in [0.5, 0.6) is 0 Å². The highest BCUT2D eigenvalue weighted by molar-refractivity contribution is 5.30. The molecule has 1 aliphatic carbocycles. The number of aliphatic hydroxyl groups is 1. The minimum absolute atomic E-state index is 0.123. The molecule has 0 unspecified atom stereocenters. The fourth-order valence-electron chi connectivity index (χ4n) is 1.24. The molecule has 0 spiro atoms. The van der Waals surface area contributed by atoms with E-state index in [1.54, 1.807) is 18.6 Å². The molecule has 1 heterocycles. The molecule has 1 aromatic rings. The lowest BCUT2D eigenvalue weighted by molar-refractivity contribution is 0.219. The lowest BCUT2D eigenvalue weighted by Gasteiger charge is -2.12. The second kappa shape index (κ2) is 3.30. The minimum atomic E-state index is 0.123. The monoisotopic (exact) mass is 179 g/mol. The summed E-state index contributed by atoms with van der Waals surface area (Å²) in [6.45, 7) is 1.06. The van der Waals surface area contributed by atoms with Crippen LogP contribution < -0.4 is 5.32 Å². The summed E-state index contributed by atoms with van der Waals surface area (Å²) >= 11 is 0. The number of aliphatic hydroxyl groups excluding tert-OH is 1. The number of rotatable bonds is 4. The Balaban J connectivity index is 1.86. The first-order valence-electron chi connectivity index (χ1n) is 4.45. The topological polar surface area (TPSA) is 58.0 Å². The molecule has 1 aliphatic rings. The Morgan fingerprint density at radius 2 is 2.31 bits per heavy atom. The Hall–Kier alpha value is -1.16. The van der Waals surface area contributed by atoms with Crippen molar-refractivity contribution in [3.05, 3.63) is 18.6 Å². The van der Waals surface area contributed by atoms with Gasteiger partial charge >= 0.3 is 0 Å². The molecule has 70 valence electrons. The highest BCUT2D eigenvalue weighted by Crippen LogP contribution is 2.44. The third-order valence-corrected chi connectivity index (χ3v) is 2.50. The van der Waals surface area contributed by atoms with Crippen LogP contribution in [0.3, 0.4) is 0 Å². The number of anilines is 1. The fourth-order valence-corrected chi connectivity index (χ4v) is 1.24. The molecule has 13 heavy (non-hydrogen) atoms. The van der Waals surface area contributed by atoms with Gasteiger partial charge in [0.25, 0.3) is 0 Å². The van der Waals surface area contributed by atoms with Gasteiger partial charge in [0.1, 0.15) is 5.82 Å². The summed E-state index contributed by atoms with van der Waals surface area (Å²) in [5.74, 6) is 0.780. The van der Waals surface area contributed by atoms with E-state index in [0.29, 0.717) is 0 Å². The molecule has 4 nitrogen and oxygen atoms in total. The number of nitrogens with zero attached hydrogens (tertiary/aromatic N) is 2. The molecular weight excluding hydrogens is 166 g/mol. The smallest absolute Gasteiger partial charge is 0.144 e. The second-order valence-electron chi connectivity index (χ2n) is 3.60. The van der Waals surface area contributed by atoms with Crippen molar-refractivity contribution < 1.29 is 5.11 Å². The van der Waals surface area contributed by atoms with Crippen LogP contribution in [0.1, 0.15) is 12.8 Å². The molecule has 1 aromatic heterocycles. The van der Waals surface area contributed by atoms with Crippen molar-refractivity contribution in [1.82, 2.24) is 9.97 Å². The molecular formula is C9H13N3O. The van der Waals surface area contributed by atoms with Gasteiger partial charge in [-0.05, 0) is 12.8 Å². The molecule has 0 saturated heterocycles. The molecule has 1 fully saturated rings. The molecule has 0 amide bonds. The number of hydrogen-bond acceptors (Lipinski definition) is 4. The molecule has 0 bridgehead atoms. The quantitative estimate of drug-likeness (QED) is 0.713. The first kappa shape index (κ1) is 8.44. The highest BCUT2D eigenvalue weighted by atomic mass is 16.3. The molecule has 2 rings (SSSR count). The standard InChI is InChI=1S/C9H13N3O/c13-7-9(1-2-9)6-12-8-5-10-3-4-11-8/h3-5,13H,1-2,6-7H2,(H,11,12). The summed E-state index contributed by atoms with van der Waals surface area (Å²) in [6.07, 6.45) is 7.20. The van der Waals surface area contributed by atoms with Gasteiger partial charge in [-0.2, -0.15) is 0 Å². The van der Waals surface area contributed by atoms with E-state index in [9.17, 15) is 0 Å². The number of hydrogen-bond donors (Lipinski definition) is 2. The first-order chi connectivity index (χ1) is 6.35. The van der Waals surface area contributed by atoms with E-state index < -0.39 is 0 Å². The Labute approximate surface area is 77.0 Å². The zero-order valence-electron chi connectivity index (χ0n) is 7.40. The van der Waals surface area contributed by atoms with E-state index in [1.807, 2.05) is 0 Å². The highest BCUT2D eigenvalue weighted by Gasteiger charge is 2.41. The number of aromatic nitrogens is 2. The maximum Gasteiger partial charge on any atom is 0.144 e. The van der Waals surface area contributed by atoms with Crippen molar-refractivity contribution in [2.24, 2.45) is 5.41 Å². The van der Waals surface area contributed by atoms with Crippen molar-refractivity contribution in [1.29, 1.82) is 0 Å². The molecule has 0 aromatic carbocycles. The molecule has 0 aliphatic heterocycles. The first-order valence-corrected chi connectivity index (χ1v) is 4.45. The number of nitrogens with one attached hydrogen (secondary N) is 1. The van der Waals surface area contributed by atoms with Gasteiger partial charge in [-0.25, -0.2) is 4.98 Å². The van der Waals surface area contributed by atoms with E-state index in [4.69, 9.17) is 5.11 Å². The largest absolute Gasteiger partial charge is 0.396 e. The van der Waals surface area contributed by atoms with Crippen molar-refractivity contribution >= 4 is 5.82 Å². The maximum atomic E-state index is 9.06. The van der Waals surface area contributed by atoms with Gasteiger partial charge in [-0.1, -0.05) is 0 Å². The Kier molecular flexibility index (Phi) is 2.14. The lowest BCUT2D eigenvalue weighted by atomic mass is 10.1. The van der Waals surface area contributed by atoms with E-state index in [2.05, 4.69) is 15.3 Å². The summed E-state index contributed by atoms with van der Waals surface area (Å²) in [7, 11) is 0. The van der Waals surface area contributed by atoms with Crippen LogP contribution in [-0.2, 0) is 0 Å². The van der Waals surface area contributed by atoms with Gasteiger partial charge in [0.05, 0.1) is 12.8 Å². The molecule has 2 N–H and O–H groups in total. The van der Waals surface area contributed by atoms with E-state index >= 15 is 0 Å². The summed E-state index contributed by atoms with van der Waals surface area (Å²) in [5.41, 5.74) is 0.123. The van der Waals surface area contributed by atoms with Gasteiger partial charge < -0.3 is 10.4 Å². The Morgan fingerprint density at radius 1 is 1.46 bits per heavy atom. The normalized spacial score (nSPS) is 18.2. The molecule has 4 heteroatoms. The van der Waals surface area contributed by atoms with Crippen molar-refractivity contribution in [3.8, 4) is 0 Å². The van der Waals surface area contributed by atoms with Crippen LogP contribution in [0.15, 0.2) is 18.6 Å². The van der Waals surface area contributed by atoms with Crippen LogP contribution in [0.25, 0.3) is 0 Å². The predicted molar refractivity (Wildman–Crippen MR) is 49.3 cm³/mol. The summed E-state index contributed by atoms with van der Waals surface area (Å²) in [4.78, 5) is 8.03. The van der Waals surface area contributed by atoms with Crippen LogP contribution >= 0.6 is 0 Å². The fraction of sp³-hybridized carbons (Fsp3) is 0.556. The summed E-state index contributed by atoms with van der Waals surface area (Å²) in [6, 6.07) is 0. The van der Waals surface area contributed by atoms with Crippen LogP contribution in [0.2, 0.25) is 0 Å². The lowest BCUT2D eigenvalue weighted by Crippen LogP contribution is -2.19. The van der Waals surface area contributed by atoms with Crippen LogP contribution in [0.4, 0.5) is 5.82 Å². The second-order valence-corrected chi connectivity index (χ2v) is 3.60. The summed E-state index contributed by atoms with van der Waals surface area (Å²) in [5, 5.41) is 12.2. The molecule has 1 saturated carbocycles. The molecule has 0 atom stereocenters. The van der Waals surface area contributed by atoms with Gasteiger partial charge in [0, 0.05) is 24.4 Å². The zero-order valence-corrected chi connectivity index (χ0v) is 7.40. The zero-order chi connectivity index (χ0) is 9.15. The van der Waals surface area contributed by atoms with Crippen molar-refractivity contribution in [2.45, 2.75) is 12.8 Å². The van der Waals surface area contributed by atoms with Gasteiger partial charge in [0.15, 0.2) is 0 Å². The van der Waals surface area contributed by atoms with E-state index in [-0.39, 0.29) is 12.0 Å². The summed E-state index contributed by atoms with van der Waals surface area (Å²) < 4.78 is 0. The third-order valence-electron chi connectivity index (χ3n) is 2.50. The van der Waals surface area contributed by atoms with Gasteiger partial charge in [-0.3, -0.25) is 4.98 Å². The van der Waals surface area contributed by atoms with Crippen LogP contribution in [0, 0.1) is 5.41 Å². The minimum Gasteiger partial charge on any atom is -0.396 e. The maximum absolute atomic E-state index is 9.06. The van der Waals surface area contributed by atoms with E-state index in [1.165, 1.54) is 0 Å². The predicted octanol–water partition coefficient (Wildman–Crippen LogP) is 0.661. The van der Waals surface area contributed by atoms with Crippen molar-refractivity contribution in [2.75, 3.05) is 18.5 Å². The van der Waals surface area contributed by atoms with Gasteiger partial charge in [0.2, 0.25) is 0 Å². The molecule has 0 radical (unpaired) electrons. The SMILES string of the molecule is OCC1(CNc2cnccn2)CC1. The third kappa shape index (κ3) is 1.95.